The van der Waals surface area contributed by atoms with Gasteiger partial charge in [0.2, 0.25) is 0 Å². The number of hydrogen-bond acceptors (Lipinski definition) is 7. The summed E-state index contributed by atoms with van der Waals surface area (Å²) in [5.74, 6) is 0.419. The van der Waals surface area contributed by atoms with E-state index in [9.17, 15) is 9.59 Å². The van der Waals surface area contributed by atoms with Crippen molar-refractivity contribution in [2.24, 2.45) is 16.5 Å². The first-order valence-corrected chi connectivity index (χ1v) is 14.8. The van der Waals surface area contributed by atoms with Crippen molar-refractivity contribution in [2.75, 3.05) is 38.3 Å². The molecule has 1 atom stereocenters. The Kier molecular flexibility index (Phi) is 12.0. The van der Waals surface area contributed by atoms with Gasteiger partial charge in [-0.25, -0.2) is 0 Å². The number of amides is 1. The van der Waals surface area contributed by atoms with Crippen molar-refractivity contribution >= 4 is 23.5 Å². The van der Waals surface area contributed by atoms with Gasteiger partial charge in [-0.1, -0.05) is 31.0 Å². The van der Waals surface area contributed by atoms with E-state index in [-0.39, 0.29) is 18.9 Å². The Morgan fingerprint density at radius 3 is 2.30 bits per heavy atom. The van der Waals surface area contributed by atoms with Crippen molar-refractivity contribution < 1.29 is 28.9 Å². The van der Waals surface area contributed by atoms with Gasteiger partial charge < -0.3 is 41.0 Å². The number of nitrogens with zero attached hydrogens (tertiary/aromatic N) is 2. The van der Waals surface area contributed by atoms with E-state index in [1.165, 1.54) is 12.8 Å². The van der Waals surface area contributed by atoms with Crippen LogP contribution in [0.3, 0.4) is 0 Å². The van der Waals surface area contributed by atoms with Crippen LogP contribution in [0.15, 0.2) is 71.7 Å². The normalized spacial score (nSPS) is 14.4. The van der Waals surface area contributed by atoms with Crippen LogP contribution < -0.4 is 31.2 Å². The molecule has 1 aliphatic rings. The third kappa shape index (κ3) is 9.45. The molecule has 0 aliphatic carbocycles. The Hall–Kier alpha value is -4.61. The number of carboxylic acids is 1. The Labute approximate surface area is 257 Å². The number of methoxy groups -OCH3 is 1. The summed E-state index contributed by atoms with van der Waals surface area (Å²) in [6.07, 6.45) is 4.79. The molecule has 4 rings (SSSR count). The molecule has 3 aromatic carbocycles. The highest BCUT2D eigenvalue weighted by Crippen LogP contribution is 2.34. The topological polar surface area (TPSA) is 162 Å². The second kappa shape index (κ2) is 16.3. The van der Waals surface area contributed by atoms with Crippen molar-refractivity contribution in [1.29, 1.82) is 0 Å². The molecule has 11 heteroatoms. The van der Waals surface area contributed by atoms with Crippen molar-refractivity contribution in [3.05, 3.63) is 83.4 Å². The fourth-order valence-corrected chi connectivity index (χ4v) is 4.93. The average Bonchev–Trinajstić information content (AvgIpc) is 3.31. The molecule has 6 N–H and O–H groups in total. The molecule has 0 saturated carbocycles. The predicted molar refractivity (Wildman–Crippen MR) is 170 cm³/mol. The van der Waals surface area contributed by atoms with E-state index in [2.05, 4.69) is 21.3 Å². The number of hydrogen-bond donors (Lipinski definition) is 4. The number of benzene rings is 3. The van der Waals surface area contributed by atoms with Gasteiger partial charge >= 0.3 is 5.97 Å². The number of nitrogens with one attached hydrogen (secondary N) is 1. The van der Waals surface area contributed by atoms with E-state index in [0.717, 1.165) is 42.9 Å². The van der Waals surface area contributed by atoms with E-state index in [0.29, 0.717) is 35.8 Å². The van der Waals surface area contributed by atoms with Gasteiger partial charge in [0.05, 0.1) is 6.61 Å². The maximum atomic E-state index is 12.8. The van der Waals surface area contributed by atoms with Crippen LogP contribution in [0.4, 0.5) is 5.69 Å². The van der Waals surface area contributed by atoms with Gasteiger partial charge in [-0.3, -0.25) is 9.59 Å². The van der Waals surface area contributed by atoms with Crippen molar-refractivity contribution in [3.63, 3.8) is 0 Å². The fraction of sp³-hybridized carbons (Fsp3) is 0.364. The van der Waals surface area contributed by atoms with E-state index in [1.807, 2.05) is 36.4 Å². The van der Waals surface area contributed by atoms with Crippen LogP contribution in [0.1, 0.15) is 47.2 Å². The van der Waals surface area contributed by atoms with Crippen LogP contribution >= 0.6 is 0 Å². The van der Waals surface area contributed by atoms with Crippen LogP contribution in [0.25, 0.3) is 0 Å². The summed E-state index contributed by atoms with van der Waals surface area (Å²) in [4.78, 5) is 30.2. The SMILES string of the molecule is COCCOc1ccc(Oc2cccc(N3CCCCCC3)c2CN/C(N)=N/C(=O)c2ccc(C[C@H](N)C(=O)O)cc2)cc1. The molecular weight excluding hydrogens is 562 g/mol. The Morgan fingerprint density at radius 1 is 0.955 bits per heavy atom. The largest absolute Gasteiger partial charge is 0.491 e. The highest BCUT2D eigenvalue weighted by Gasteiger charge is 2.18. The van der Waals surface area contributed by atoms with E-state index in [1.54, 1.807) is 31.4 Å². The van der Waals surface area contributed by atoms with Gasteiger partial charge in [0.15, 0.2) is 5.96 Å². The number of rotatable bonds is 13. The van der Waals surface area contributed by atoms with Crippen LogP contribution in [0.5, 0.6) is 17.2 Å². The molecule has 1 amide bonds. The smallest absolute Gasteiger partial charge is 0.320 e. The number of carbonyl (C=O) groups is 2. The van der Waals surface area contributed by atoms with Crippen LogP contribution in [0, 0.1) is 0 Å². The fourth-order valence-electron chi connectivity index (χ4n) is 4.93. The summed E-state index contributed by atoms with van der Waals surface area (Å²) in [6.45, 7) is 3.14. The number of guanidine groups is 1. The molecule has 44 heavy (non-hydrogen) atoms. The first kappa shape index (κ1) is 32.3. The lowest BCUT2D eigenvalue weighted by molar-refractivity contribution is -0.138. The summed E-state index contributed by atoms with van der Waals surface area (Å²) < 4.78 is 17.1. The second-order valence-electron chi connectivity index (χ2n) is 10.6. The summed E-state index contributed by atoms with van der Waals surface area (Å²) in [5, 5.41) is 12.1. The number of nitrogens with two attached hydrogens (primary N) is 2. The lowest BCUT2D eigenvalue weighted by atomic mass is 10.0. The minimum atomic E-state index is -1.08. The van der Waals surface area contributed by atoms with Crippen LogP contribution in [0.2, 0.25) is 0 Å². The third-order valence-corrected chi connectivity index (χ3v) is 7.30. The molecule has 1 aliphatic heterocycles. The minimum Gasteiger partial charge on any atom is -0.491 e. The van der Waals surface area contributed by atoms with E-state index in [4.69, 9.17) is 30.8 Å². The molecule has 3 aromatic rings. The average molecular weight is 604 g/mol. The molecule has 0 bridgehead atoms. The van der Waals surface area contributed by atoms with E-state index < -0.39 is 17.9 Å². The monoisotopic (exact) mass is 603 g/mol. The number of anilines is 1. The summed E-state index contributed by atoms with van der Waals surface area (Å²) in [5.41, 5.74) is 14.8. The molecular formula is C33H41N5O6. The first-order chi connectivity index (χ1) is 21.3. The molecule has 11 nitrogen and oxygen atoms in total. The molecule has 0 aromatic heterocycles. The van der Waals surface area contributed by atoms with Crippen molar-refractivity contribution in [2.45, 2.75) is 44.7 Å². The van der Waals surface area contributed by atoms with Gasteiger partial charge in [0, 0.05) is 43.6 Å². The van der Waals surface area contributed by atoms with Crippen LogP contribution in [-0.4, -0.2) is 62.4 Å². The molecule has 1 fully saturated rings. The lowest BCUT2D eigenvalue weighted by Crippen LogP contribution is -2.33. The maximum Gasteiger partial charge on any atom is 0.320 e. The number of ether oxygens (including phenoxy) is 3. The summed E-state index contributed by atoms with van der Waals surface area (Å²) in [7, 11) is 1.63. The lowest BCUT2D eigenvalue weighted by Gasteiger charge is -2.27. The minimum absolute atomic E-state index is 0.0267. The zero-order chi connectivity index (χ0) is 31.3. The molecule has 234 valence electrons. The van der Waals surface area contributed by atoms with Crippen molar-refractivity contribution in [1.82, 2.24) is 5.32 Å². The summed E-state index contributed by atoms with van der Waals surface area (Å²) in [6, 6.07) is 18.9. The molecule has 0 spiro atoms. The number of carbonyl (C=O) groups excluding carboxylic acids is 1. The number of aliphatic imine (C=N–C) groups is 1. The predicted octanol–water partition coefficient (Wildman–Crippen LogP) is 4.08. The van der Waals surface area contributed by atoms with Crippen molar-refractivity contribution in [3.8, 4) is 17.2 Å². The van der Waals surface area contributed by atoms with Gasteiger partial charge in [-0.15, -0.1) is 0 Å². The van der Waals surface area contributed by atoms with Gasteiger partial charge in [0.25, 0.3) is 5.91 Å². The van der Waals surface area contributed by atoms with Gasteiger partial charge in [-0.2, -0.15) is 4.99 Å². The van der Waals surface area contributed by atoms with Crippen LogP contribution in [-0.2, 0) is 22.5 Å². The zero-order valence-electron chi connectivity index (χ0n) is 25.0. The first-order valence-electron chi connectivity index (χ1n) is 14.8. The highest BCUT2D eigenvalue weighted by molar-refractivity contribution is 6.02. The molecule has 0 unspecified atom stereocenters. The quantitative estimate of drug-likeness (QED) is 0.127. The Morgan fingerprint density at radius 2 is 1.64 bits per heavy atom. The third-order valence-electron chi connectivity index (χ3n) is 7.30. The zero-order valence-corrected chi connectivity index (χ0v) is 25.0. The van der Waals surface area contributed by atoms with Gasteiger partial charge in [-0.05, 0) is 73.4 Å². The number of aliphatic carboxylic acids is 1. The Bertz CT molecular complexity index is 1400. The van der Waals surface area contributed by atoms with Gasteiger partial charge in [0.1, 0.15) is 29.9 Å². The standard InChI is InChI=1S/C33H41N5O6/c1-42-19-20-43-25-13-15-26(16-14-25)44-30-8-6-7-29(38-17-4-2-3-5-18-38)27(30)22-36-33(35)37-31(39)24-11-9-23(10-12-24)21-28(34)32(40)41/h6-16,28H,2-5,17-22,34H2,1H3,(H,40,41)(H3,35,36,37,39)/t28-/m0/s1. The molecule has 0 radical (unpaired) electrons. The molecule has 1 saturated heterocycles. The number of carboxylic acid groups (broad SMARTS) is 1. The second-order valence-corrected chi connectivity index (χ2v) is 10.6. The summed E-state index contributed by atoms with van der Waals surface area (Å²) >= 11 is 0. The Balaban J connectivity index is 1.49. The highest BCUT2D eigenvalue weighted by atomic mass is 16.5. The van der Waals surface area contributed by atoms with E-state index >= 15 is 0 Å². The molecule has 1 heterocycles. The maximum absolute atomic E-state index is 12.8.